The predicted molar refractivity (Wildman–Crippen MR) is 185 cm³/mol. The van der Waals surface area contributed by atoms with Crippen molar-refractivity contribution >= 4 is 22.8 Å². The molecule has 4 fully saturated rings. The second kappa shape index (κ2) is 13.6. The Kier molecular flexibility index (Phi) is 9.57. The number of nitrogens with zero attached hydrogens (tertiary/aromatic N) is 3. The first kappa shape index (κ1) is 36.6. The van der Waals surface area contributed by atoms with Crippen molar-refractivity contribution in [2.24, 2.45) is 17.8 Å². The van der Waals surface area contributed by atoms with Crippen molar-refractivity contribution < 1.29 is 41.4 Å². The van der Waals surface area contributed by atoms with E-state index in [1.54, 1.807) is 6.07 Å². The molecule has 2 aromatic heterocycles. The molecule has 4 unspecified atom stereocenters. The number of alkyl halides is 5. The molecule has 3 aromatic rings. The lowest BCUT2D eigenvalue weighted by Crippen LogP contribution is -2.60. The van der Waals surface area contributed by atoms with E-state index in [0.29, 0.717) is 29.5 Å². The normalized spacial score (nSPS) is 28.9. The van der Waals surface area contributed by atoms with Crippen molar-refractivity contribution in [2.45, 2.75) is 121 Å². The summed E-state index contributed by atoms with van der Waals surface area (Å²) in [6.07, 6.45) is 3.55. The highest BCUT2D eigenvalue weighted by atomic mass is 19.4. The number of benzene rings is 1. The van der Waals surface area contributed by atoms with Gasteiger partial charge in [-0.25, -0.2) is 18.6 Å². The highest BCUT2D eigenvalue weighted by Crippen LogP contribution is 2.51. The number of likely N-dealkylation sites (tertiary alicyclic amines) is 1. The molecule has 1 saturated heterocycles. The lowest BCUT2D eigenvalue weighted by Gasteiger charge is -2.46. The molecule has 1 aliphatic heterocycles. The van der Waals surface area contributed by atoms with Gasteiger partial charge in [-0.15, -0.1) is 0 Å². The van der Waals surface area contributed by atoms with E-state index in [-0.39, 0.29) is 61.1 Å². The van der Waals surface area contributed by atoms with Gasteiger partial charge in [-0.2, -0.15) is 13.2 Å². The molecule has 7 rings (SSSR count). The number of carboxylic acid groups (broad SMARTS) is 1. The van der Waals surface area contributed by atoms with Gasteiger partial charge in [0.05, 0.1) is 36.0 Å². The third-order valence-corrected chi connectivity index (χ3v) is 12.2. The Morgan fingerprint density at radius 1 is 1.04 bits per heavy atom. The lowest BCUT2D eigenvalue weighted by molar-refractivity contribution is -0.151. The van der Waals surface area contributed by atoms with Crippen LogP contribution in [0.3, 0.4) is 0 Å². The molecule has 0 radical (unpaired) electrons. The highest BCUT2D eigenvalue weighted by Gasteiger charge is 2.56. The summed E-state index contributed by atoms with van der Waals surface area (Å²) in [5.41, 5.74) is -2.40. The van der Waals surface area contributed by atoms with Gasteiger partial charge >= 0.3 is 12.1 Å². The lowest BCUT2D eigenvalue weighted by atomic mass is 9.78. The van der Waals surface area contributed by atoms with E-state index in [1.807, 2.05) is 48.6 Å². The molecule has 2 N–H and O–H groups in total. The summed E-state index contributed by atoms with van der Waals surface area (Å²) in [5, 5.41) is 13.5. The van der Waals surface area contributed by atoms with Gasteiger partial charge in [0.15, 0.2) is 5.69 Å². The smallest absolute Gasteiger partial charge is 0.434 e. The van der Waals surface area contributed by atoms with Crippen LogP contribution in [0.25, 0.3) is 22.2 Å². The fourth-order valence-electron chi connectivity index (χ4n) is 9.70. The van der Waals surface area contributed by atoms with Gasteiger partial charge in [0.2, 0.25) is 0 Å². The van der Waals surface area contributed by atoms with Crippen molar-refractivity contribution in [3.8, 4) is 17.0 Å². The number of fused-ring (bicyclic) bond motifs is 3. The molecule has 282 valence electrons. The van der Waals surface area contributed by atoms with Crippen LogP contribution in [0, 0.1) is 17.8 Å². The molecule has 2 bridgehead atoms. The highest BCUT2D eigenvalue weighted by molar-refractivity contribution is 6.00. The summed E-state index contributed by atoms with van der Waals surface area (Å²) in [5.74, 6) is -4.27. The van der Waals surface area contributed by atoms with E-state index in [9.17, 15) is 36.6 Å². The summed E-state index contributed by atoms with van der Waals surface area (Å²) in [7, 11) is 0. The van der Waals surface area contributed by atoms with E-state index in [1.165, 1.54) is 6.07 Å². The van der Waals surface area contributed by atoms with Crippen LogP contribution in [0.5, 0.6) is 5.75 Å². The van der Waals surface area contributed by atoms with E-state index < -0.39 is 40.8 Å². The average Bonchev–Trinajstić information content (AvgIpc) is 3.58. The molecular weight excluding hydrogens is 683 g/mol. The van der Waals surface area contributed by atoms with E-state index in [0.717, 1.165) is 56.5 Å². The molecule has 3 saturated carbocycles. The van der Waals surface area contributed by atoms with Gasteiger partial charge in [0.25, 0.3) is 11.8 Å². The van der Waals surface area contributed by atoms with Gasteiger partial charge in [-0.05, 0) is 106 Å². The Labute approximate surface area is 300 Å². The first-order chi connectivity index (χ1) is 24.6. The minimum atomic E-state index is -4.98. The van der Waals surface area contributed by atoms with Crippen LogP contribution >= 0.6 is 0 Å². The zero-order valence-electron chi connectivity index (χ0n) is 29.8. The number of carbonyl (C=O) groups is 2. The number of aliphatic carboxylic acids is 1. The van der Waals surface area contributed by atoms with Gasteiger partial charge in [-0.1, -0.05) is 20.8 Å². The molecule has 4 atom stereocenters. The zero-order chi connectivity index (χ0) is 37.2. The molecule has 13 heteroatoms. The molecule has 0 spiro atoms. The number of halogens is 5. The standard InChI is InChI=1S/C39H47F5N4O4/c1-4-25(5-2)48-19-31(29-11-10-28(17-33(29)48)52-27-8-6-26(7-9-27)47-20-37(40,41)21-47)32-13-12-30(34(45-32)39(42,43)44)35(49)46-38(36(50)51)18-23-14-22(3)15-24(38)16-23/h10-13,17,19,22-27H,4-9,14-16,18,20-21H2,1-3H3,(H,46,49)(H,50,51)/t22?,23?,24?,26-,27-,38?. The summed E-state index contributed by atoms with van der Waals surface area (Å²) in [6, 6.07) is 8.19. The van der Waals surface area contributed by atoms with Crippen molar-refractivity contribution in [1.29, 1.82) is 0 Å². The minimum Gasteiger partial charge on any atom is -0.490 e. The largest absolute Gasteiger partial charge is 0.490 e. The van der Waals surface area contributed by atoms with E-state index >= 15 is 0 Å². The maximum absolute atomic E-state index is 14.7. The van der Waals surface area contributed by atoms with Crippen LogP contribution in [0.2, 0.25) is 0 Å². The average molecular weight is 731 g/mol. The van der Waals surface area contributed by atoms with Crippen LogP contribution in [0.15, 0.2) is 36.5 Å². The molecule has 4 aliphatic rings. The van der Waals surface area contributed by atoms with Crippen LogP contribution in [-0.4, -0.2) is 68.1 Å². The third-order valence-electron chi connectivity index (χ3n) is 12.2. The van der Waals surface area contributed by atoms with Gasteiger partial charge in [0, 0.05) is 35.3 Å². The van der Waals surface area contributed by atoms with Crippen molar-refractivity contribution in [3.05, 3.63) is 47.8 Å². The minimum absolute atomic E-state index is 0.0423. The molecule has 1 aromatic carbocycles. The second-order valence-electron chi connectivity index (χ2n) is 15.8. The van der Waals surface area contributed by atoms with Crippen molar-refractivity contribution in [2.75, 3.05) is 13.1 Å². The Hall–Kier alpha value is -3.74. The molecule has 8 nitrogen and oxygen atoms in total. The summed E-state index contributed by atoms with van der Waals surface area (Å²) in [4.78, 5) is 32.1. The molecule has 1 amide bonds. The Morgan fingerprint density at radius 3 is 2.38 bits per heavy atom. The number of carboxylic acids is 1. The Bertz CT molecular complexity index is 1820. The zero-order valence-corrected chi connectivity index (χ0v) is 29.8. The topological polar surface area (TPSA) is 96.7 Å². The number of rotatable bonds is 10. The first-order valence-electron chi connectivity index (χ1n) is 18.7. The van der Waals surface area contributed by atoms with Crippen molar-refractivity contribution in [1.82, 2.24) is 19.8 Å². The number of ether oxygens (including phenoxy) is 1. The second-order valence-corrected chi connectivity index (χ2v) is 15.8. The number of pyridine rings is 1. The molecular formula is C39H47F5N4O4. The maximum atomic E-state index is 14.7. The number of nitrogens with one attached hydrogen (secondary N) is 1. The monoisotopic (exact) mass is 730 g/mol. The molecule has 52 heavy (non-hydrogen) atoms. The molecule has 3 heterocycles. The molecule has 3 aliphatic carbocycles. The summed E-state index contributed by atoms with van der Waals surface area (Å²) >= 11 is 0. The van der Waals surface area contributed by atoms with Crippen LogP contribution in [-0.2, 0) is 11.0 Å². The number of aromatic nitrogens is 2. The van der Waals surface area contributed by atoms with Gasteiger partial charge in [0.1, 0.15) is 11.3 Å². The Balaban J connectivity index is 1.17. The fraction of sp³-hybridized carbons (Fsp3) is 0.615. The number of amides is 1. The third kappa shape index (κ3) is 6.78. The van der Waals surface area contributed by atoms with Crippen LogP contribution < -0.4 is 10.1 Å². The number of carbonyl (C=O) groups excluding carboxylic acids is 1. The Morgan fingerprint density at radius 2 is 1.75 bits per heavy atom. The quantitative estimate of drug-likeness (QED) is 0.203. The maximum Gasteiger partial charge on any atom is 0.434 e. The number of hydrogen-bond acceptors (Lipinski definition) is 5. The summed E-state index contributed by atoms with van der Waals surface area (Å²) in [6.45, 7) is 5.75. The predicted octanol–water partition coefficient (Wildman–Crippen LogP) is 8.73. The SMILES string of the molecule is CCC(CC)n1cc(-c2ccc(C(=O)NC3(C(=O)O)CC4CC(C)CC3C4)c(C(F)(F)F)n2)c2ccc(O[C@H]3CC[C@H](N4CC(F)(F)C4)CC3)cc21. The van der Waals surface area contributed by atoms with E-state index in [4.69, 9.17) is 4.74 Å². The first-order valence-corrected chi connectivity index (χ1v) is 18.7. The number of hydrogen-bond donors (Lipinski definition) is 2. The van der Waals surface area contributed by atoms with Gasteiger partial charge in [-0.3, -0.25) is 9.69 Å². The van der Waals surface area contributed by atoms with Crippen LogP contribution in [0.1, 0.15) is 107 Å². The van der Waals surface area contributed by atoms with E-state index in [2.05, 4.69) is 10.3 Å². The van der Waals surface area contributed by atoms with Gasteiger partial charge < -0.3 is 19.7 Å². The van der Waals surface area contributed by atoms with Crippen molar-refractivity contribution in [3.63, 3.8) is 0 Å². The fourth-order valence-corrected chi connectivity index (χ4v) is 9.70. The summed E-state index contributed by atoms with van der Waals surface area (Å²) < 4.78 is 79.3. The van der Waals surface area contributed by atoms with Crippen LogP contribution in [0.4, 0.5) is 22.0 Å².